The third-order valence-electron chi connectivity index (χ3n) is 2.71. The molecule has 2 rings (SSSR count). The van der Waals surface area contributed by atoms with Crippen molar-refractivity contribution in [3.05, 3.63) is 39.9 Å². The van der Waals surface area contributed by atoms with Gasteiger partial charge in [0.1, 0.15) is 28.3 Å². The summed E-state index contributed by atoms with van der Waals surface area (Å²) in [5.74, 6) is 1.68. The van der Waals surface area contributed by atoms with Crippen LogP contribution in [-0.4, -0.2) is 27.6 Å². The molecule has 0 saturated carbocycles. The number of pyridine rings is 1. The van der Waals surface area contributed by atoms with E-state index in [4.69, 9.17) is 27.9 Å². The molecule has 0 fully saturated rings. The zero-order valence-corrected chi connectivity index (χ0v) is 13.5. The van der Waals surface area contributed by atoms with Crippen molar-refractivity contribution in [3.8, 4) is 5.88 Å². The molecule has 0 bridgehead atoms. The van der Waals surface area contributed by atoms with Gasteiger partial charge >= 0.3 is 0 Å². The zero-order valence-electron chi connectivity index (χ0n) is 12.0. The number of halogens is 2. The van der Waals surface area contributed by atoms with E-state index in [1.807, 2.05) is 20.8 Å². The molecule has 0 saturated heterocycles. The average Bonchev–Trinajstić information content (AvgIpc) is 2.43. The number of anilines is 1. The topological polar surface area (TPSA) is 59.9 Å². The van der Waals surface area contributed by atoms with E-state index in [-0.39, 0.29) is 6.04 Å². The van der Waals surface area contributed by atoms with Gasteiger partial charge in [0.05, 0.1) is 11.7 Å². The largest absolute Gasteiger partial charge is 0.474 e. The maximum absolute atomic E-state index is 6.19. The highest BCUT2D eigenvalue weighted by atomic mass is 35.5. The first-order chi connectivity index (χ1) is 9.97. The maximum Gasteiger partial charge on any atom is 0.232 e. The Balaban J connectivity index is 1.99. The van der Waals surface area contributed by atoms with E-state index >= 15 is 0 Å². The van der Waals surface area contributed by atoms with E-state index in [9.17, 15) is 0 Å². The fourth-order valence-electron chi connectivity index (χ4n) is 1.75. The van der Waals surface area contributed by atoms with Crippen LogP contribution in [0.25, 0.3) is 0 Å². The van der Waals surface area contributed by atoms with Crippen LogP contribution < -0.4 is 10.1 Å². The van der Waals surface area contributed by atoms with Crippen LogP contribution in [0.5, 0.6) is 5.88 Å². The van der Waals surface area contributed by atoms with Crippen LogP contribution in [0.4, 0.5) is 5.82 Å². The Morgan fingerprint density at radius 3 is 2.76 bits per heavy atom. The van der Waals surface area contributed by atoms with Crippen LogP contribution in [0.3, 0.4) is 0 Å². The van der Waals surface area contributed by atoms with Crippen LogP contribution in [0.2, 0.25) is 10.0 Å². The Morgan fingerprint density at radius 2 is 2.05 bits per heavy atom. The van der Waals surface area contributed by atoms with Crippen molar-refractivity contribution in [3.63, 3.8) is 0 Å². The molecule has 21 heavy (non-hydrogen) atoms. The van der Waals surface area contributed by atoms with E-state index in [2.05, 4.69) is 20.3 Å². The molecule has 1 atom stereocenters. The molecule has 0 aromatic carbocycles. The summed E-state index contributed by atoms with van der Waals surface area (Å²) in [6.07, 6.45) is 1.63. The summed E-state index contributed by atoms with van der Waals surface area (Å²) in [6, 6.07) is 3.47. The number of aryl methyl sites for hydroxylation is 2. The fraction of sp³-hybridized carbons (Fsp3) is 0.357. The third kappa shape index (κ3) is 4.19. The third-order valence-corrected chi connectivity index (χ3v) is 3.45. The monoisotopic (exact) mass is 326 g/mol. The SMILES string of the molecule is Cc1nc(C)c(Cl)c(NC(C)COc2ncccc2Cl)n1. The van der Waals surface area contributed by atoms with Crippen LogP contribution in [-0.2, 0) is 0 Å². The molecule has 1 N–H and O–H groups in total. The first-order valence-electron chi connectivity index (χ1n) is 6.48. The molecule has 0 amide bonds. The summed E-state index contributed by atoms with van der Waals surface area (Å²) in [7, 11) is 0. The molecular weight excluding hydrogens is 311 g/mol. The molecule has 112 valence electrons. The van der Waals surface area contributed by atoms with Crippen molar-refractivity contribution >= 4 is 29.0 Å². The van der Waals surface area contributed by atoms with Gasteiger partial charge in [0.2, 0.25) is 5.88 Å². The molecule has 1 unspecified atom stereocenters. The molecule has 0 radical (unpaired) electrons. The standard InChI is InChI=1S/C14H16Cl2N4O/c1-8(7-21-14-11(15)5-4-6-17-14)18-13-12(16)9(2)19-10(3)20-13/h4-6,8H,7H2,1-3H3,(H,18,19,20). The quantitative estimate of drug-likeness (QED) is 0.908. The molecular formula is C14H16Cl2N4O. The minimum absolute atomic E-state index is 0.0192. The van der Waals surface area contributed by atoms with Crippen LogP contribution in [0.15, 0.2) is 18.3 Å². The molecule has 2 heterocycles. The van der Waals surface area contributed by atoms with Crippen LogP contribution >= 0.6 is 23.2 Å². The van der Waals surface area contributed by atoms with Crippen molar-refractivity contribution in [1.29, 1.82) is 0 Å². The Hall–Kier alpha value is -1.59. The molecule has 2 aromatic rings. The second-order valence-electron chi connectivity index (χ2n) is 4.67. The van der Waals surface area contributed by atoms with E-state index in [0.29, 0.717) is 34.2 Å². The lowest BCUT2D eigenvalue weighted by molar-refractivity contribution is 0.292. The highest BCUT2D eigenvalue weighted by Crippen LogP contribution is 2.23. The van der Waals surface area contributed by atoms with Gasteiger partial charge in [-0.2, -0.15) is 0 Å². The number of rotatable bonds is 5. The first kappa shape index (κ1) is 15.8. The van der Waals surface area contributed by atoms with E-state index in [1.54, 1.807) is 18.3 Å². The summed E-state index contributed by atoms with van der Waals surface area (Å²) in [4.78, 5) is 12.6. The lowest BCUT2D eigenvalue weighted by Gasteiger charge is -2.17. The number of nitrogens with zero attached hydrogens (tertiary/aromatic N) is 3. The molecule has 2 aromatic heterocycles. The Morgan fingerprint density at radius 1 is 1.29 bits per heavy atom. The molecule has 0 spiro atoms. The van der Waals surface area contributed by atoms with Gasteiger partial charge in [-0.25, -0.2) is 15.0 Å². The van der Waals surface area contributed by atoms with Crippen molar-refractivity contribution in [1.82, 2.24) is 15.0 Å². The van der Waals surface area contributed by atoms with E-state index in [1.165, 1.54) is 0 Å². The normalized spacial score (nSPS) is 12.0. The summed E-state index contributed by atoms with van der Waals surface area (Å²) >= 11 is 12.2. The summed E-state index contributed by atoms with van der Waals surface area (Å²) in [5, 5.41) is 4.20. The van der Waals surface area contributed by atoms with Gasteiger partial charge in [0, 0.05) is 6.20 Å². The minimum atomic E-state index is -0.0192. The minimum Gasteiger partial charge on any atom is -0.474 e. The number of ether oxygens (including phenoxy) is 1. The average molecular weight is 327 g/mol. The Labute approximate surface area is 133 Å². The summed E-state index contributed by atoms with van der Waals surface area (Å²) in [5.41, 5.74) is 0.743. The summed E-state index contributed by atoms with van der Waals surface area (Å²) in [6.45, 7) is 6.01. The summed E-state index contributed by atoms with van der Waals surface area (Å²) < 4.78 is 5.58. The van der Waals surface area contributed by atoms with Gasteiger partial charge in [0.25, 0.3) is 0 Å². The van der Waals surface area contributed by atoms with Gasteiger partial charge in [-0.3, -0.25) is 0 Å². The van der Waals surface area contributed by atoms with Crippen molar-refractivity contribution in [2.75, 3.05) is 11.9 Å². The van der Waals surface area contributed by atoms with Gasteiger partial charge < -0.3 is 10.1 Å². The van der Waals surface area contributed by atoms with E-state index < -0.39 is 0 Å². The number of hydrogen-bond acceptors (Lipinski definition) is 5. The number of hydrogen-bond donors (Lipinski definition) is 1. The highest BCUT2D eigenvalue weighted by molar-refractivity contribution is 6.33. The van der Waals surface area contributed by atoms with Crippen molar-refractivity contribution in [2.45, 2.75) is 26.8 Å². The number of aromatic nitrogens is 3. The van der Waals surface area contributed by atoms with Crippen molar-refractivity contribution < 1.29 is 4.74 Å². The predicted molar refractivity (Wildman–Crippen MR) is 84.3 cm³/mol. The predicted octanol–water partition coefficient (Wildman–Crippen LogP) is 3.67. The van der Waals surface area contributed by atoms with Gasteiger partial charge in [-0.15, -0.1) is 0 Å². The Bertz CT molecular complexity index is 636. The van der Waals surface area contributed by atoms with Gasteiger partial charge in [0.15, 0.2) is 0 Å². The van der Waals surface area contributed by atoms with Gasteiger partial charge in [-0.1, -0.05) is 23.2 Å². The zero-order chi connectivity index (χ0) is 15.4. The molecule has 0 aliphatic carbocycles. The molecule has 7 heteroatoms. The fourth-order valence-corrected chi connectivity index (χ4v) is 2.07. The molecule has 0 aliphatic rings. The Kier molecular flexibility index (Phi) is 5.20. The number of nitrogens with one attached hydrogen (secondary N) is 1. The second kappa shape index (κ2) is 6.91. The molecule has 5 nitrogen and oxygen atoms in total. The lowest BCUT2D eigenvalue weighted by Crippen LogP contribution is -2.25. The van der Waals surface area contributed by atoms with Gasteiger partial charge in [-0.05, 0) is 32.9 Å². The van der Waals surface area contributed by atoms with Crippen molar-refractivity contribution in [2.24, 2.45) is 0 Å². The second-order valence-corrected chi connectivity index (χ2v) is 5.45. The highest BCUT2D eigenvalue weighted by Gasteiger charge is 2.12. The maximum atomic E-state index is 6.19. The van der Waals surface area contributed by atoms with E-state index in [0.717, 1.165) is 5.69 Å². The first-order valence-corrected chi connectivity index (χ1v) is 7.23. The van der Waals surface area contributed by atoms with Crippen LogP contribution in [0, 0.1) is 13.8 Å². The molecule has 0 aliphatic heterocycles. The smallest absolute Gasteiger partial charge is 0.232 e. The lowest BCUT2D eigenvalue weighted by atomic mass is 10.3. The van der Waals surface area contributed by atoms with Crippen LogP contribution in [0.1, 0.15) is 18.4 Å².